The first kappa shape index (κ1) is 21.9. The summed E-state index contributed by atoms with van der Waals surface area (Å²) >= 11 is 1.27. The van der Waals surface area contributed by atoms with Gasteiger partial charge in [-0.1, -0.05) is 6.42 Å². The molecule has 0 bridgehead atoms. The predicted molar refractivity (Wildman–Crippen MR) is 96.2 cm³/mol. The van der Waals surface area contributed by atoms with E-state index in [0.717, 1.165) is 4.90 Å². The SMILES string of the molecule is CC(=O)NCSCC(CC(=O)CCCCCN1C(=O)C=CC1=O)C(=O)O. The third kappa shape index (κ3) is 8.28. The summed E-state index contributed by atoms with van der Waals surface area (Å²) < 4.78 is 0. The number of ketones is 1. The van der Waals surface area contributed by atoms with Crippen LogP contribution in [0.3, 0.4) is 0 Å². The molecule has 1 atom stereocenters. The first-order chi connectivity index (χ1) is 12.3. The lowest BCUT2D eigenvalue weighted by Gasteiger charge is -2.13. The molecule has 1 aliphatic heterocycles. The molecular weight excluding hydrogens is 360 g/mol. The number of carboxylic acids is 1. The standard InChI is InChI=1S/C17H24N2O6S/c1-12(20)18-11-26-10-13(17(24)25)9-14(21)5-3-2-4-8-19-15(22)6-7-16(19)23/h6-7,13H,2-5,8-11H2,1H3,(H,18,20)(H,24,25). The zero-order valence-electron chi connectivity index (χ0n) is 14.7. The highest BCUT2D eigenvalue weighted by Crippen LogP contribution is 2.15. The number of unbranched alkanes of at least 4 members (excludes halogenated alkanes) is 2. The van der Waals surface area contributed by atoms with Gasteiger partial charge in [-0.25, -0.2) is 0 Å². The molecule has 9 heteroatoms. The van der Waals surface area contributed by atoms with E-state index in [-0.39, 0.29) is 42.1 Å². The number of amides is 3. The van der Waals surface area contributed by atoms with E-state index in [0.29, 0.717) is 31.7 Å². The average molecular weight is 384 g/mol. The van der Waals surface area contributed by atoms with Crippen LogP contribution in [0.5, 0.6) is 0 Å². The number of hydrogen-bond donors (Lipinski definition) is 2. The molecule has 26 heavy (non-hydrogen) atoms. The van der Waals surface area contributed by atoms with E-state index in [2.05, 4.69) is 5.32 Å². The minimum absolute atomic E-state index is 0.0323. The lowest BCUT2D eigenvalue weighted by Crippen LogP contribution is -2.30. The molecule has 1 aliphatic rings. The monoisotopic (exact) mass is 384 g/mol. The van der Waals surface area contributed by atoms with Crippen LogP contribution in [0.15, 0.2) is 12.2 Å². The quantitative estimate of drug-likeness (QED) is 0.276. The molecule has 3 amide bonds. The van der Waals surface area contributed by atoms with Gasteiger partial charge in [0.15, 0.2) is 0 Å². The molecule has 0 saturated carbocycles. The minimum atomic E-state index is -1.02. The second-order valence-corrected chi connectivity index (χ2v) is 7.03. The highest BCUT2D eigenvalue weighted by molar-refractivity contribution is 7.99. The van der Waals surface area contributed by atoms with Crippen molar-refractivity contribution in [1.29, 1.82) is 0 Å². The van der Waals surface area contributed by atoms with Gasteiger partial charge in [-0.2, -0.15) is 0 Å². The van der Waals surface area contributed by atoms with Crippen LogP contribution >= 0.6 is 11.8 Å². The summed E-state index contributed by atoms with van der Waals surface area (Å²) in [4.78, 5) is 57.8. The van der Waals surface area contributed by atoms with Crippen molar-refractivity contribution in [3.63, 3.8) is 0 Å². The Labute approximate surface area is 156 Å². The molecule has 0 aromatic heterocycles. The Kier molecular flexibility index (Phi) is 9.64. The molecule has 8 nitrogen and oxygen atoms in total. The summed E-state index contributed by atoms with van der Waals surface area (Å²) in [6.07, 6.45) is 4.60. The van der Waals surface area contributed by atoms with Gasteiger partial charge in [-0.15, -0.1) is 11.8 Å². The third-order valence-corrected chi connectivity index (χ3v) is 4.79. The van der Waals surface area contributed by atoms with Crippen LogP contribution in [0.2, 0.25) is 0 Å². The van der Waals surface area contributed by atoms with Gasteiger partial charge < -0.3 is 10.4 Å². The van der Waals surface area contributed by atoms with Crippen LogP contribution in [0.25, 0.3) is 0 Å². The van der Waals surface area contributed by atoms with Gasteiger partial charge >= 0.3 is 5.97 Å². The van der Waals surface area contributed by atoms with Gasteiger partial charge in [-0.3, -0.25) is 28.9 Å². The smallest absolute Gasteiger partial charge is 0.307 e. The van der Waals surface area contributed by atoms with Gasteiger partial charge in [-0.05, 0) is 12.8 Å². The van der Waals surface area contributed by atoms with Crippen molar-refractivity contribution in [2.24, 2.45) is 5.92 Å². The van der Waals surface area contributed by atoms with Crippen LogP contribution in [0, 0.1) is 5.92 Å². The molecule has 1 heterocycles. The zero-order chi connectivity index (χ0) is 19.5. The Bertz CT molecular complexity index is 572. The molecular formula is C17H24N2O6S. The highest BCUT2D eigenvalue weighted by Gasteiger charge is 2.23. The van der Waals surface area contributed by atoms with Crippen molar-refractivity contribution in [3.8, 4) is 0 Å². The van der Waals surface area contributed by atoms with Crippen molar-refractivity contribution >= 4 is 41.2 Å². The van der Waals surface area contributed by atoms with Crippen LogP contribution in [-0.4, -0.2) is 57.7 Å². The predicted octanol–water partition coefficient (Wildman–Crippen LogP) is 0.959. The van der Waals surface area contributed by atoms with E-state index in [1.54, 1.807) is 0 Å². The number of thioether (sulfide) groups is 1. The van der Waals surface area contributed by atoms with Crippen LogP contribution in [0.4, 0.5) is 0 Å². The van der Waals surface area contributed by atoms with E-state index in [1.165, 1.54) is 30.8 Å². The number of carboxylic acid groups (broad SMARTS) is 1. The van der Waals surface area contributed by atoms with E-state index in [4.69, 9.17) is 0 Å². The maximum atomic E-state index is 12.0. The number of imide groups is 1. The Morgan fingerprint density at radius 3 is 2.38 bits per heavy atom. The van der Waals surface area contributed by atoms with Crippen molar-refractivity contribution < 1.29 is 29.1 Å². The molecule has 1 rings (SSSR count). The van der Waals surface area contributed by atoms with Crippen molar-refractivity contribution in [1.82, 2.24) is 10.2 Å². The fourth-order valence-corrected chi connectivity index (χ4v) is 3.34. The Morgan fingerprint density at radius 1 is 1.15 bits per heavy atom. The molecule has 0 aliphatic carbocycles. The first-order valence-electron chi connectivity index (χ1n) is 8.41. The van der Waals surface area contributed by atoms with Crippen LogP contribution in [0.1, 0.15) is 39.0 Å². The number of carbonyl (C=O) groups is 5. The zero-order valence-corrected chi connectivity index (χ0v) is 15.5. The lowest BCUT2D eigenvalue weighted by atomic mass is 10.0. The number of carbonyl (C=O) groups excluding carboxylic acids is 4. The third-order valence-electron chi connectivity index (χ3n) is 3.80. The minimum Gasteiger partial charge on any atom is -0.481 e. The summed E-state index contributed by atoms with van der Waals surface area (Å²) in [5.41, 5.74) is 0. The number of aliphatic carboxylic acids is 1. The summed E-state index contributed by atoms with van der Waals surface area (Å²) in [6.45, 7) is 1.71. The van der Waals surface area contributed by atoms with Gasteiger partial charge in [0.05, 0.1) is 11.8 Å². The molecule has 0 saturated heterocycles. The fourth-order valence-electron chi connectivity index (χ4n) is 2.37. The summed E-state index contributed by atoms with van der Waals surface area (Å²) in [5, 5.41) is 11.7. The fraction of sp³-hybridized carbons (Fsp3) is 0.588. The molecule has 0 aromatic rings. The molecule has 0 aromatic carbocycles. The summed E-state index contributed by atoms with van der Waals surface area (Å²) in [5.74, 6) is -2.15. The van der Waals surface area contributed by atoms with Gasteiger partial charge in [0.2, 0.25) is 5.91 Å². The maximum Gasteiger partial charge on any atom is 0.307 e. The topological polar surface area (TPSA) is 121 Å². The van der Waals surface area contributed by atoms with Crippen LogP contribution < -0.4 is 5.32 Å². The number of rotatable bonds is 13. The van der Waals surface area contributed by atoms with E-state index >= 15 is 0 Å². The molecule has 0 spiro atoms. The number of hydrogen-bond acceptors (Lipinski definition) is 6. The van der Waals surface area contributed by atoms with E-state index in [9.17, 15) is 29.1 Å². The molecule has 2 N–H and O–H groups in total. The highest BCUT2D eigenvalue weighted by atomic mass is 32.2. The molecule has 0 fully saturated rings. The Hall–Kier alpha value is -2.16. The number of Topliss-reactive ketones (excluding diaryl/α,β-unsaturated/α-hetero) is 1. The summed E-state index contributed by atoms with van der Waals surface area (Å²) in [6, 6.07) is 0. The normalized spacial score (nSPS) is 14.6. The largest absolute Gasteiger partial charge is 0.481 e. The second-order valence-electron chi connectivity index (χ2n) is 6.00. The van der Waals surface area contributed by atoms with Crippen LogP contribution in [-0.2, 0) is 24.0 Å². The van der Waals surface area contributed by atoms with E-state index < -0.39 is 11.9 Å². The van der Waals surface area contributed by atoms with Gasteiger partial charge in [0.1, 0.15) is 5.78 Å². The Morgan fingerprint density at radius 2 is 1.81 bits per heavy atom. The lowest BCUT2D eigenvalue weighted by molar-refractivity contribution is -0.143. The number of nitrogens with one attached hydrogen (secondary N) is 1. The van der Waals surface area contributed by atoms with Crippen molar-refractivity contribution in [2.75, 3.05) is 18.2 Å². The van der Waals surface area contributed by atoms with Crippen molar-refractivity contribution in [2.45, 2.75) is 39.0 Å². The summed E-state index contributed by atoms with van der Waals surface area (Å²) in [7, 11) is 0. The first-order valence-corrected chi connectivity index (χ1v) is 9.57. The second kappa shape index (κ2) is 11.5. The van der Waals surface area contributed by atoms with E-state index in [1.807, 2.05) is 0 Å². The average Bonchev–Trinajstić information content (AvgIpc) is 2.88. The number of nitrogens with zero attached hydrogens (tertiary/aromatic N) is 1. The Balaban J connectivity index is 2.18. The molecule has 0 radical (unpaired) electrons. The van der Waals surface area contributed by atoms with Crippen molar-refractivity contribution in [3.05, 3.63) is 12.2 Å². The maximum absolute atomic E-state index is 12.0. The van der Waals surface area contributed by atoms with Gasteiger partial charge in [0, 0.05) is 44.2 Å². The molecule has 1 unspecified atom stereocenters. The van der Waals surface area contributed by atoms with Gasteiger partial charge in [0.25, 0.3) is 11.8 Å². The molecule has 144 valence electrons.